The zero-order valence-electron chi connectivity index (χ0n) is 9.07. The summed E-state index contributed by atoms with van der Waals surface area (Å²) < 4.78 is 2.86. The van der Waals surface area contributed by atoms with Gasteiger partial charge in [-0.05, 0) is 40.2 Å². The second-order valence-corrected chi connectivity index (χ2v) is 5.48. The first kappa shape index (κ1) is 12.0. The summed E-state index contributed by atoms with van der Waals surface area (Å²) in [4.78, 5) is 4.55. The first-order chi connectivity index (χ1) is 8.66. The maximum Gasteiger partial charge on any atom is 0.151 e. The standard InChI is InChI=1S/C13H7BrCl2N2/c14-8-3-2-6-18-7-11(17-13(8)18)12-9(15)4-1-5-10(12)16/h1-7H. The van der Waals surface area contributed by atoms with E-state index in [0.29, 0.717) is 10.0 Å². The Morgan fingerprint density at radius 1 is 1.06 bits per heavy atom. The molecule has 0 saturated carbocycles. The fraction of sp³-hybridized carbons (Fsp3) is 0. The minimum absolute atomic E-state index is 0.599. The van der Waals surface area contributed by atoms with Gasteiger partial charge in [0.2, 0.25) is 0 Å². The number of fused-ring (bicyclic) bond motifs is 1. The van der Waals surface area contributed by atoms with E-state index in [2.05, 4.69) is 20.9 Å². The molecule has 2 aromatic heterocycles. The summed E-state index contributed by atoms with van der Waals surface area (Å²) >= 11 is 15.8. The summed E-state index contributed by atoms with van der Waals surface area (Å²) in [6.45, 7) is 0. The van der Waals surface area contributed by atoms with Gasteiger partial charge in [-0.1, -0.05) is 29.3 Å². The predicted molar refractivity (Wildman–Crippen MR) is 78.3 cm³/mol. The minimum Gasteiger partial charge on any atom is -0.306 e. The third-order valence-corrected chi connectivity index (χ3v) is 3.90. The van der Waals surface area contributed by atoms with E-state index in [-0.39, 0.29) is 0 Å². The van der Waals surface area contributed by atoms with E-state index in [0.717, 1.165) is 21.4 Å². The molecular weight excluding hydrogens is 335 g/mol. The van der Waals surface area contributed by atoms with Crippen molar-refractivity contribution in [3.63, 3.8) is 0 Å². The van der Waals surface area contributed by atoms with Gasteiger partial charge in [0.25, 0.3) is 0 Å². The highest BCUT2D eigenvalue weighted by Crippen LogP contribution is 2.34. The molecule has 3 rings (SSSR count). The molecule has 0 aliphatic rings. The van der Waals surface area contributed by atoms with E-state index in [1.807, 2.05) is 47.1 Å². The van der Waals surface area contributed by atoms with Crippen molar-refractivity contribution in [2.24, 2.45) is 0 Å². The third-order valence-electron chi connectivity index (χ3n) is 2.65. The lowest BCUT2D eigenvalue weighted by atomic mass is 10.2. The Kier molecular flexibility index (Phi) is 3.06. The van der Waals surface area contributed by atoms with E-state index in [1.165, 1.54) is 0 Å². The zero-order chi connectivity index (χ0) is 12.7. The van der Waals surface area contributed by atoms with Crippen LogP contribution in [0.3, 0.4) is 0 Å². The van der Waals surface area contributed by atoms with Gasteiger partial charge in [-0.2, -0.15) is 0 Å². The molecule has 0 aliphatic carbocycles. The Labute approximate surface area is 122 Å². The second kappa shape index (κ2) is 4.57. The van der Waals surface area contributed by atoms with Crippen molar-refractivity contribution in [2.45, 2.75) is 0 Å². The number of pyridine rings is 1. The average molecular weight is 342 g/mol. The molecule has 0 radical (unpaired) electrons. The van der Waals surface area contributed by atoms with E-state index in [9.17, 15) is 0 Å². The van der Waals surface area contributed by atoms with Crippen LogP contribution in [0.2, 0.25) is 10.0 Å². The normalized spacial score (nSPS) is 11.1. The predicted octanol–water partition coefficient (Wildman–Crippen LogP) is 5.07. The first-order valence-electron chi connectivity index (χ1n) is 5.24. The molecule has 2 heterocycles. The average Bonchev–Trinajstić information content (AvgIpc) is 2.74. The highest BCUT2D eigenvalue weighted by Gasteiger charge is 2.12. The zero-order valence-corrected chi connectivity index (χ0v) is 12.2. The highest BCUT2D eigenvalue weighted by molar-refractivity contribution is 9.10. The van der Waals surface area contributed by atoms with Crippen LogP contribution in [0.5, 0.6) is 0 Å². The maximum atomic E-state index is 6.19. The Morgan fingerprint density at radius 2 is 1.78 bits per heavy atom. The topological polar surface area (TPSA) is 17.3 Å². The number of aromatic nitrogens is 2. The van der Waals surface area contributed by atoms with Gasteiger partial charge in [0.15, 0.2) is 5.65 Å². The smallest absolute Gasteiger partial charge is 0.151 e. The van der Waals surface area contributed by atoms with Gasteiger partial charge >= 0.3 is 0 Å². The van der Waals surface area contributed by atoms with Crippen LogP contribution in [0.15, 0.2) is 47.2 Å². The number of rotatable bonds is 1. The molecule has 3 aromatic rings. The van der Waals surface area contributed by atoms with Gasteiger partial charge < -0.3 is 4.40 Å². The number of imidazole rings is 1. The Bertz CT molecular complexity index is 717. The molecule has 0 fully saturated rings. The molecule has 5 heteroatoms. The number of nitrogens with zero attached hydrogens (tertiary/aromatic N) is 2. The molecule has 1 aromatic carbocycles. The molecule has 2 nitrogen and oxygen atoms in total. The number of hydrogen-bond acceptors (Lipinski definition) is 1. The van der Waals surface area contributed by atoms with Crippen molar-refractivity contribution in [1.82, 2.24) is 9.38 Å². The third kappa shape index (κ3) is 1.92. The second-order valence-electron chi connectivity index (χ2n) is 3.81. The van der Waals surface area contributed by atoms with Gasteiger partial charge in [-0.25, -0.2) is 4.98 Å². The number of halogens is 3. The first-order valence-corrected chi connectivity index (χ1v) is 6.79. The molecule has 0 saturated heterocycles. The largest absolute Gasteiger partial charge is 0.306 e. The molecule has 90 valence electrons. The van der Waals surface area contributed by atoms with Gasteiger partial charge in [-0.15, -0.1) is 0 Å². The van der Waals surface area contributed by atoms with Gasteiger partial charge in [0, 0.05) is 18.0 Å². The van der Waals surface area contributed by atoms with E-state index >= 15 is 0 Å². The van der Waals surface area contributed by atoms with Gasteiger partial charge in [0.1, 0.15) is 0 Å². The SMILES string of the molecule is Clc1cccc(Cl)c1-c1cn2cccc(Br)c2n1. The van der Waals surface area contributed by atoms with Crippen molar-refractivity contribution in [1.29, 1.82) is 0 Å². The molecule has 0 unspecified atom stereocenters. The van der Waals surface area contributed by atoms with Crippen LogP contribution in [-0.2, 0) is 0 Å². The number of hydrogen-bond donors (Lipinski definition) is 0. The summed E-state index contributed by atoms with van der Waals surface area (Å²) in [5.74, 6) is 0. The molecule has 0 aliphatic heterocycles. The fourth-order valence-electron chi connectivity index (χ4n) is 1.84. The van der Waals surface area contributed by atoms with Crippen molar-refractivity contribution in [3.8, 4) is 11.3 Å². The van der Waals surface area contributed by atoms with E-state index in [1.54, 1.807) is 0 Å². The van der Waals surface area contributed by atoms with Crippen molar-refractivity contribution < 1.29 is 0 Å². The molecule has 0 amide bonds. The Morgan fingerprint density at radius 3 is 2.44 bits per heavy atom. The van der Waals surface area contributed by atoms with Crippen LogP contribution in [0.4, 0.5) is 0 Å². The lowest BCUT2D eigenvalue weighted by Crippen LogP contribution is -1.81. The highest BCUT2D eigenvalue weighted by atomic mass is 79.9. The fourth-order valence-corrected chi connectivity index (χ4v) is 2.88. The Hall–Kier alpha value is -1.03. The molecule has 18 heavy (non-hydrogen) atoms. The summed E-state index contributed by atoms with van der Waals surface area (Å²) in [5, 5.41) is 1.20. The summed E-state index contributed by atoms with van der Waals surface area (Å²) in [6.07, 6.45) is 3.84. The lowest BCUT2D eigenvalue weighted by Gasteiger charge is -2.02. The summed E-state index contributed by atoms with van der Waals surface area (Å²) in [6, 6.07) is 9.32. The molecule has 0 atom stereocenters. The van der Waals surface area contributed by atoms with Crippen molar-refractivity contribution in [2.75, 3.05) is 0 Å². The molecular formula is C13H7BrCl2N2. The van der Waals surface area contributed by atoms with E-state index in [4.69, 9.17) is 23.2 Å². The molecule has 0 bridgehead atoms. The molecule has 0 spiro atoms. The van der Waals surface area contributed by atoms with Gasteiger partial charge in [-0.3, -0.25) is 0 Å². The van der Waals surface area contributed by atoms with Crippen LogP contribution in [-0.4, -0.2) is 9.38 Å². The van der Waals surface area contributed by atoms with E-state index < -0.39 is 0 Å². The minimum atomic E-state index is 0.599. The van der Waals surface area contributed by atoms with Crippen LogP contribution >= 0.6 is 39.1 Å². The van der Waals surface area contributed by atoms with Crippen LogP contribution in [0, 0.1) is 0 Å². The van der Waals surface area contributed by atoms with Crippen molar-refractivity contribution in [3.05, 3.63) is 57.2 Å². The van der Waals surface area contributed by atoms with Crippen molar-refractivity contribution >= 4 is 44.8 Å². The van der Waals surface area contributed by atoms with Gasteiger partial charge in [0.05, 0.1) is 20.2 Å². The van der Waals surface area contributed by atoms with Crippen LogP contribution < -0.4 is 0 Å². The van der Waals surface area contributed by atoms with Crippen LogP contribution in [0.25, 0.3) is 16.9 Å². The lowest BCUT2D eigenvalue weighted by molar-refractivity contribution is 1.18. The Balaban J connectivity index is 2.30. The monoisotopic (exact) mass is 340 g/mol. The van der Waals surface area contributed by atoms with Crippen LogP contribution in [0.1, 0.15) is 0 Å². The summed E-state index contributed by atoms with van der Waals surface area (Å²) in [5.41, 5.74) is 2.36. The quantitative estimate of drug-likeness (QED) is 0.604. The maximum absolute atomic E-state index is 6.19. The number of benzene rings is 1. The molecule has 0 N–H and O–H groups in total. The summed E-state index contributed by atoms with van der Waals surface area (Å²) in [7, 11) is 0.